The Labute approximate surface area is 128 Å². The third kappa shape index (κ3) is 3.60. The molecule has 2 rings (SSSR count). The van der Waals surface area contributed by atoms with Gasteiger partial charge >= 0.3 is 0 Å². The molecule has 2 aromatic heterocycles. The Hall–Kier alpha value is -1.36. The average molecular weight is 312 g/mol. The van der Waals surface area contributed by atoms with Crippen molar-refractivity contribution in [3.63, 3.8) is 0 Å². The zero-order valence-corrected chi connectivity index (χ0v) is 12.7. The maximum atomic E-state index is 10.2. The molecule has 1 N–H and O–H groups in total. The predicted octanol–water partition coefficient (Wildman–Crippen LogP) is 3.26. The maximum absolute atomic E-state index is 10.2. The van der Waals surface area contributed by atoms with E-state index >= 15 is 0 Å². The number of rotatable bonds is 4. The van der Waals surface area contributed by atoms with Crippen molar-refractivity contribution >= 4 is 28.9 Å². The van der Waals surface area contributed by atoms with Crippen LogP contribution in [0.5, 0.6) is 0 Å². The number of anilines is 1. The fourth-order valence-electron chi connectivity index (χ4n) is 1.82. The first kappa shape index (κ1) is 15.0. The van der Waals surface area contributed by atoms with Gasteiger partial charge in [0.1, 0.15) is 11.3 Å². The van der Waals surface area contributed by atoms with Crippen LogP contribution in [0.3, 0.4) is 0 Å². The van der Waals surface area contributed by atoms with E-state index in [1.54, 1.807) is 18.3 Å². The highest BCUT2D eigenvalue weighted by Gasteiger charge is 2.15. The van der Waals surface area contributed by atoms with E-state index in [1.165, 1.54) is 0 Å². The van der Waals surface area contributed by atoms with E-state index in [4.69, 9.17) is 23.2 Å². The van der Waals surface area contributed by atoms with Gasteiger partial charge in [-0.25, -0.2) is 4.98 Å². The third-order valence-corrected chi connectivity index (χ3v) is 3.42. The van der Waals surface area contributed by atoms with E-state index in [2.05, 4.69) is 9.97 Å². The lowest BCUT2D eigenvalue weighted by Crippen LogP contribution is -2.25. The van der Waals surface area contributed by atoms with Crippen molar-refractivity contribution in [3.05, 3.63) is 52.0 Å². The van der Waals surface area contributed by atoms with Gasteiger partial charge in [-0.2, -0.15) is 0 Å². The van der Waals surface area contributed by atoms with Gasteiger partial charge in [0, 0.05) is 19.8 Å². The number of hydrogen-bond donors (Lipinski definition) is 1. The Morgan fingerprint density at radius 3 is 2.60 bits per heavy atom. The standard InChI is InChI=1S/C14H15Cl2N3O/c1-9-3-4-10(17-7-9)12(20)8-19(2)11-5-6-13(15)18-14(11)16/h3-7,12,20H,8H2,1-2H3. The number of pyridine rings is 2. The second-order valence-corrected chi connectivity index (χ2v) is 5.35. The van der Waals surface area contributed by atoms with Gasteiger partial charge in [-0.15, -0.1) is 0 Å². The highest BCUT2D eigenvalue weighted by atomic mass is 35.5. The molecule has 0 spiro atoms. The minimum absolute atomic E-state index is 0.309. The van der Waals surface area contributed by atoms with E-state index in [0.29, 0.717) is 28.2 Å². The molecule has 2 heterocycles. The van der Waals surface area contributed by atoms with Crippen LogP contribution in [0.2, 0.25) is 10.3 Å². The van der Waals surface area contributed by atoms with Gasteiger partial charge in [0.2, 0.25) is 0 Å². The van der Waals surface area contributed by atoms with Crippen molar-refractivity contribution in [1.82, 2.24) is 9.97 Å². The Kier molecular flexibility index (Phi) is 4.81. The lowest BCUT2D eigenvalue weighted by Gasteiger charge is -2.23. The molecule has 0 fully saturated rings. The van der Waals surface area contributed by atoms with Crippen LogP contribution in [0.15, 0.2) is 30.5 Å². The van der Waals surface area contributed by atoms with Crippen LogP contribution in [0.4, 0.5) is 5.69 Å². The molecule has 106 valence electrons. The molecule has 0 radical (unpaired) electrons. The first-order chi connectivity index (χ1) is 9.47. The topological polar surface area (TPSA) is 49.2 Å². The predicted molar refractivity (Wildman–Crippen MR) is 81.5 cm³/mol. The SMILES string of the molecule is Cc1ccc(C(O)CN(C)c2ccc(Cl)nc2Cl)nc1. The monoisotopic (exact) mass is 311 g/mol. The normalized spacial score (nSPS) is 12.2. The first-order valence-corrected chi connectivity index (χ1v) is 6.87. The minimum Gasteiger partial charge on any atom is -0.385 e. The summed E-state index contributed by atoms with van der Waals surface area (Å²) in [4.78, 5) is 10.0. The molecule has 0 saturated carbocycles. The fraction of sp³-hybridized carbons (Fsp3) is 0.286. The number of hydrogen-bond acceptors (Lipinski definition) is 4. The zero-order chi connectivity index (χ0) is 14.7. The molecular weight excluding hydrogens is 297 g/mol. The van der Waals surface area contributed by atoms with Crippen LogP contribution >= 0.6 is 23.2 Å². The molecule has 0 amide bonds. The summed E-state index contributed by atoms with van der Waals surface area (Å²) in [5.74, 6) is 0. The second-order valence-electron chi connectivity index (χ2n) is 4.60. The summed E-state index contributed by atoms with van der Waals surface area (Å²) in [5.41, 5.74) is 2.39. The second kappa shape index (κ2) is 6.39. The molecule has 1 unspecified atom stereocenters. The number of aromatic nitrogens is 2. The summed E-state index contributed by atoms with van der Waals surface area (Å²) in [6.45, 7) is 2.31. The van der Waals surface area contributed by atoms with Crippen molar-refractivity contribution in [2.45, 2.75) is 13.0 Å². The molecule has 1 atom stereocenters. The highest BCUT2D eigenvalue weighted by Crippen LogP contribution is 2.26. The molecule has 0 bridgehead atoms. The lowest BCUT2D eigenvalue weighted by molar-refractivity contribution is 0.180. The third-order valence-electron chi connectivity index (χ3n) is 2.93. The summed E-state index contributed by atoms with van der Waals surface area (Å²) >= 11 is 11.8. The molecule has 6 heteroatoms. The molecule has 0 aliphatic heterocycles. The van der Waals surface area contributed by atoms with Gasteiger partial charge in [-0.3, -0.25) is 4.98 Å². The van der Waals surface area contributed by atoms with Gasteiger partial charge < -0.3 is 10.0 Å². The summed E-state index contributed by atoms with van der Waals surface area (Å²) in [6.07, 6.45) is 1.03. The summed E-state index contributed by atoms with van der Waals surface area (Å²) in [6, 6.07) is 7.17. The number of likely N-dealkylation sites (N-methyl/N-ethyl adjacent to an activating group) is 1. The maximum Gasteiger partial charge on any atom is 0.154 e. The molecule has 2 aromatic rings. The van der Waals surface area contributed by atoms with Crippen molar-refractivity contribution in [3.8, 4) is 0 Å². The average Bonchev–Trinajstić information content (AvgIpc) is 2.39. The smallest absolute Gasteiger partial charge is 0.154 e. The van der Waals surface area contributed by atoms with Gasteiger partial charge in [0.25, 0.3) is 0 Å². The molecule has 0 aliphatic carbocycles. The first-order valence-electron chi connectivity index (χ1n) is 6.11. The van der Waals surface area contributed by atoms with Crippen molar-refractivity contribution < 1.29 is 5.11 Å². The summed E-state index contributed by atoms with van der Waals surface area (Å²) < 4.78 is 0. The fourth-order valence-corrected chi connectivity index (χ4v) is 2.31. The minimum atomic E-state index is -0.702. The van der Waals surface area contributed by atoms with Gasteiger partial charge in [-0.05, 0) is 30.7 Å². The van der Waals surface area contributed by atoms with Gasteiger partial charge in [-0.1, -0.05) is 29.3 Å². The Morgan fingerprint density at radius 2 is 2.00 bits per heavy atom. The van der Waals surface area contributed by atoms with Crippen molar-refractivity contribution in [2.24, 2.45) is 0 Å². The molecule has 0 aliphatic rings. The highest BCUT2D eigenvalue weighted by molar-refractivity contribution is 6.34. The molecule has 4 nitrogen and oxygen atoms in total. The number of aryl methyl sites for hydroxylation is 1. The molecule has 0 aromatic carbocycles. The number of nitrogens with zero attached hydrogens (tertiary/aromatic N) is 3. The van der Waals surface area contributed by atoms with E-state index in [9.17, 15) is 5.11 Å². The van der Waals surface area contributed by atoms with Crippen LogP contribution in [0.25, 0.3) is 0 Å². The molecule has 20 heavy (non-hydrogen) atoms. The Balaban J connectivity index is 2.10. The van der Waals surface area contributed by atoms with E-state index in [-0.39, 0.29) is 0 Å². The number of aliphatic hydroxyl groups is 1. The summed E-state index contributed by atoms with van der Waals surface area (Å²) in [7, 11) is 1.83. The quantitative estimate of drug-likeness (QED) is 0.880. The van der Waals surface area contributed by atoms with E-state index in [0.717, 1.165) is 5.56 Å². The number of aliphatic hydroxyl groups excluding tert-OH is 1. The summed E-state index contributed by atoms with van der Waals surface area (Å²) in [5, 5.41) is 10.8. The van der Waals surface area contributed by atoms with Gasteiger partial charge in [0.05, 0.1) is 11.4 Å². The lowest BCUT2D eigenvalue weighted by atomic mass is 10.2. The van der Waals surface area contributed by atoms with Crippen LogP contribution in [-0.2, 0) is 0 Å². The zero-order valence-electron chi connectivity index (χ0n) is 11.2. The largest absolute Gasteiger partial charge is 0.385 e. The van der Waals surface area contributed by atoms with Crippen LogP contribution < -0.4 is 4.90 Å². The Bertz CT molecular complexity index is 589. The van der Waals surface area contributed by atoms with E-state index < -0.39 is 6.10 Å². The Morgan fingerprint density at radius 1 is 1.25 bits per heavy atom. The van der Waals surface area contributed by atoms with Crippen molar-refractivity contribution in [1.29, 1.82) is 0 Å². The molecule has 0 saturated heterocycles. The van der Waals surface area contributed by atoms with E-state index in [1.807, 2.05) is 31.0 Å². The van der Waals surface area contributed by atoms with Crippen LogP contribution in [-0.4, -0.2) is 28.7 Å². The van der Waals surface area contributed by atoms with Crippen LogP contribution in [0, 0.1) is 6.92 Å². The van der Waals surface area contributed by atoms with Crippen molar-refractivity contribution in [2.75, 3.05) is 18.5 Å². The molecular formula is C14H15Cl2N3O. The van der Waals surface area contributed by atoms with Crippen LogP contribution in [0.1, 0.15) is 17.4 Å². The number of halogens is 2. The van der Waals surface area contributed by atoms with Gasteiger partial charge in [0.15, 0.2) is 5.15 Å².